The topological polar surface area (TPSA) is 56.3 Å². The SMILES string of the molecule is O=S(=O)(c1ccc(Cl)cc1)C1(c2ccc(Cl)nc2)CCOCC1. The molecule has 23 heavy (non-hydrogen) atoms. The monoisotopic (exact) mass is 371 g/mol. The van der Waals surface area contributed by atoms with E-state index < -0.39 is 14.6 Å². The van der Waals surface area contributed by atoms with E-state index in [1.165, 1.54) is 12.1 Å². The number of rotatable bonds is 3. The first kappa shape index (κ1) is 16.7. The molecule has 0 atom stereocenters. The van der Waals surface area contributed by atoms with Crippen LogP contribution >= 0.6 is 23.2 Å². The molecule has 0 spiro atoms. The molecule has 1 aromatic carbocycles. The first-order valence-electron chi connectivity index (χ1n) is 7.16. The van der Waals surface area contributed by atoms with Crippen molar-refractivity contribution in [2.75, 3.05) is 13.2 Å². The zero-order valence-corrected chi connectivity index (χ0v) is 14.5. The number of aromatic nitrogens is 1. The van der Waals surface area contributed by atoms with Gasteiger partial charge in [-0.3, -0.25) is 0 Å². The Labute approximate surface area is 145 Å². The highest BCUT2D eigenvalue weighted by Gasteiger charge is 2.47. The van der Waals surface area contributed by atoms with E-state index in [0.717, 1.165) is 0 Å². The van der Waals surface area contributed by atoms with Crippen LogP contribution in [0, 0.1) is 0 Å². The smallest absolute Gasteiger partial charge is 0.188 e. The molecule has 0 amide bonds. The molecule has 2 aromatic rings. The summed E-state index contributed by atoms with van der Waals surface area (Å²) < 4.78 is 31.0. The summed E-state index contributed by atoms with van der Waals surface area (Å²) >= 11 is 11.7. The van der Waals surface area contributed by atoms with Crippen molar-refractivity contribution in [2.24, 2.45) is 0 Å². The molecule has 3 rings (SSSR count). The lowest BCUT2D eigenvalue weighted by Gasteiger charge is -2.36. The van der Waals surface area contributed by atoms with Crippen LogP contribution in [-0.4, -0.2) is 26.6 Å². The summed E-state index contributed by atoms with van der Waals surface area (Å²) in [7, 11) is -3.63. The molecule has 122 valence electrons. The van der Waals surface area contributed by atoms with Crippen molar-refractivity contribution < 1.29 is 13.2 Å². The Morgan fingerprint density at radius 3 is 2.22 bits per heavy atom. The van der Waals surface area contributed by atoms with Crippen LogP contribution in [0.25, 0.3) is 0 Å². The Morgan fingerprint density at radius 1 is 1.00 bits per heavy atom. The Morgan fingerprint density at radius 2 is 1.65 bits per heavy atom. The van der Waals surface area contributed by atoms with Gasteiger partial charge in [0.15, 0.2) is 9.84 Å². The molecular weight excluding hydrogens is 357 g/mol. The molecule has 0 N–H and O–H groups in total. The van der Waals surface area contributed by atoms with Gasteiger partial charge >= 0.3 is 0 Å². The fourth-order valence-corrected chi connectivity index (χ4v) is 5.22. The third kappa shape index (κ3) is 2.98. The van der Waals surface area contributed by atoms with Gasteiger partial charge in [-0.1, -0.05) is 29.3 Å². The molecule has 1 fully saturated rings. The quantitative estimate of drug-likeness (QED) is 0.768. The van der Waals surface area contributed by atoms with Crippen molar-refractivity contribution in [2.45, 2.75) is 22.5 Å². The lowest BCUT2D eigenvalue weighted by molar-refractivity contribution is 0.0739. The first-order chi connectivity index (χ1) is 11.0. The number of hydrogen-bond acceptors (Lipinski definition) is 4. The van der Waals surface area contributed by atoms with Crippen LogP contribution in [0.1, 0.15) is 18.4 Å². The number of sulfone groups is 1. The van der Waals surface area contributed by atoms with Gasteiger partial charge in [0.1, 0.15) is 9.90 Å². The number of halogens is 2. The van der Waals surface area contributed by atoms with Gasteiger partial charge in [0.05, 0.1) is 4.90 Å². The van der Waals surface area contributed by atoms with Crippen LogP contribution in [0.3, 0.4) is 0 Å². The minimum absolute atomic E-state index is 0.249. The summed E-state index contributed by atoms with van der Waals surface area (Å²) in [6, 6.07) is 9.60. The second-order valence-electron chi connectivity index (χ2n) is 5.43. The van der Waals surface area contributed by atoms with Crippen LogP contribution in [0.15, 0.2) is 47.5 Å². The van der Waals surface area contributed by atoms with Crippen LogP contribution in [0.5, 0.6) is 0 Å². The van der Waals surface area contributed by atoms with Crippen molar-refractivity contribution in [1.29, 1.82) is 0 Å². The molecule has 1 aliphatic heterocycles. The van der Waals surface area contributed by atoms with E-state index in [1.807, 2.05) is 0 Å². The van der Waals surface area contributed by atoms with Gasteiger partial charge in [-0.05, 0) is 48.7 Å². The number of pyridine rings is 1. The van der Waals surface area contributed by atoms with Gasteiger partial charge < -0.3 is 4.74 Å². The summed E-state index contributed by atoms with van der Waals surface area (Å²) in [5.41, 5.74) is 0.639. The van der Waals surface area contributed by atoms with Gasteiger partial charge in [-0.2, -0.15) is 0 Å². The maximum Gasteiger partial charge on any atom is 0.188 e. The van der Waals surface area contributed by atoms with E-state index in [1.54, 1.807) is 30.5 Å². The second kappa shape index (κ2) is 6.40. The third-order valence-corrected chi connectivity index (χ3v) is 7.23. The molecule has 4 nitrogen and oxygen atoms in total. The standard InChI is InChI=1S/C16H15Cl2NO3S/c17-13-2-4-14(5-3-13)23(20,21)16(7-9-22-10-8-16)12-1-6-15(18)19-11-12/h1-6,11H,7-10H2. The van der Waals surface area contributed by atoms with Crippen LogP contribution in [0.4, 0.5) is 0 Å². The Bertz CT molecular complexity index is 783. The van der Waals surface area contributed by atoms with E-state index in [-0.39, 0.29) is 4.90 Å². The molecular formula is C16H15Cl2NO3S. The molecule has 0 unspecified atom stereocenters. The first-order valence-corrected chi connectivity index (χ1v) is 9.40. The van der Waals surface area contributed by atoms with Crippen LogP contribution in [-0.2, 0) is 19.3 Å². The summed E-state index contributed by atoms with van der Waals surface area (Å²) in [5, 5.41) is 0.831. The molecule has 0 saturated carbocycles. The predicted octanol–water partition coefficient (Wildman–Crippen LogP) is 3.87. The third-order valence-electron chi connectivity index (χ3n) is 4.19. The lowest BCUT2D eigenvalue weighted by atomic mass is 9.92. The molecule has 1 saturated heterocycles. The zero-order chi connectivity index (χ0) is 16.5. The lowest BCUT2D eigenvalue weighted by Crippen LogP contribution is -2.41. The molecule has 1 aliphatic rings. The van der Waals surface area contributed by atoms with Crippen LogP contribution < -0.4 is 0 Å². The minimum Gasteiger partial charge on any atom is -0.381 e. The summed E-state index contributed by atoms with van der Waals surface area (Å²) in [5.74, 6) is 0. The van der Waals surface area contributed by atoms with Crippen molar-refractivity contribution in [1.82, 2.24) is 4.98 Å². The molecule has 0 radical (unpaired) electrons. The fourth-order valence-electron chi connectivity index (χ4n) is 2.90. The highest BCUT2D eigenvalue weighted by atomic mass is 35.5. The highest BCUT2D eigenvalue weighted by Crippen LogP contribution is 2.43. The van der Waals surface area contributed by atoms with Gasteiger partial charge in [0.2, 0.25) is 0 Å². The van der Waals surface area contributed by atoms with Crippen molar-refractivity contribution in [3.63, 3.8) is 0 Å². The van der Waals surface area contributed by atoms with E-state index in [0.29, 0.717) is 41.8 Å². The maximum absolute atomic E-state index is 13.3. The predicted molar refractivity (Wildman–Crippen MR) is 89.6 cm³/mol. The van der Waals surface area contributed by atoms with Crippen LogP contribution in [0.2, 0.25) is 10.2 Å². The van der Waals surface area contributed by atoms with Gasteiger partial charge in [-0.15, -0.1) is 0 Å². The van der Waals surface area contributed by atoms with E-state index in [4.69, 9.17) is 27.9 Å². The number of benzene rings is 1. The summed E-state index contributed by atoms with van der Waals surface area (Å²) in [4.78, 5) is 4.31. The van der Waals surface area contributed by atoms with Gasteiger partial charge in [0, 0.05) is 24.4 Å². The number of nitrogens with zero attached hydrogens (tertiary/aromatic N) is 1. The average molecular weight is 372 g/mol. The van der Waals surface area contributed by atoms with Gasteiger partial charge in [0.25, 0.3) is 0 Å². The Hall–Kier alpha value is -1.14. The van der Waals surface area contributed by atoms with E-state index >= 15 is 0 Å². The largest absolute Gasteiger partial charge is 0.381 e. The summed E-state index contributed by atoms with van der Waals surface area (Å²) in [6.07, 6.45) is 2.30. The highest BCUT2D eigenvalue weighted by molar-refractivity contribution is 7.92. The van der Waals surface area contributed by atoms with Crippen molar-refractivity contribution in [3.05, 3.63) is 58.3 Å². The Kier molecular flexibility index (Phi) is 4.65. The number of ether oxygens (including phenoxy) is 1. The van der Waals surface area contributed by atoms with Gasteiger partial charge in [-0.25, -0.2) is 13.4 Å². The average Bonchev–Trinajstić information content (AvgIpc) is 2.56. The Balaban J connectivity index is 2.15. The van der Waals surface area contributed by atoms with E-state index in [9.17, 15) is 8.42 Å². The minimum atomic E-state index is -3.63. The van der Waals surface area contributed by atoms with Crippen molar-refractivity contribution in [3.8, 4) is 0 Å². The molecule has 7 heteroatoms. The summed E-state index contributed by atoms with van der Waals surface area (Å²) in [6.45, 7) is 0.769. The normalized spacial score (nSPS) is 17.8. The molecule has 1 aromatic heterocycles. The number of hydrogen-bond donors (Lipinski definition) is 0. The fraction of sp³-hybridized carbons (Fsp3) is 0.312. The second-order valence-corrected chi connectivity index (χ2v) is 8.52. The van der Waals surface area contributed by atoms with Crippen molar-refractivity contribution >= 4 is 33.0 Å². The molecule has 0 aliphatic carbocycles. The zero-order valence-electron chi connectivity index (χ0n) is 12.2. The molecule has 2 heterocycles. The van der Waals surface area contributed by atoms with E-state index in [2.05, 4.69) is 4.98 Å². The molecule has 0 bridgehead atoms. The maximum atomic E-state index is 13.3.